The molecule has 0 atom stereocenters. The first-order chi connectivity index (χ1) is 8.41. The van der Waals surface area contributed by atoms with Gasteiger partial charge in [0.2, 0.25) is 0 Å². The fraction of sp³-hybridized carbons (Fsp3) is 0.333. The maximum Gasteiger partial charge on any atom is 0.313 e. The van der Waals surface area contributed by atoms with Gasteiger partial charge >= 0.3 is 5.97 Å². The molecule has 0 fully saturated rings. The lowest BCUT2D eigenvalue weighted by molar-refractivity contribution is -0.137. The molecule has 0 saturated heterocycles. The zero-order chi connectivity index (χ0) is 13.7. The second kappa shape index (κ2) is 6.15. The number of carbonyl (C=O) groups is 2. The molecule has 3 heteroatoms. The van der Waals surface area contributed by atoms with Gasteiger partial charge < -0.3 is 4.74 Å². The van der Waals surface area contributed by atoms with E-state index in [9.17, 15) is 9.59 Å². The summed E-state index contributed by atoms with van der Waals surface area (Å²) in [6, 6.07) is 5.55. The second-order valence-electron chi connectivity index (χ2n) is 4.51. The van der Waals surface area contributed by atoms with Crippen molar-refractivity contribution in [2.75, 3.05) is 0 Å². The highest BCUT2D eigenvalue weighted by Crippen LogP contribution is 2.25. The average Bonchev–Trinajstić information content (AvgIpc) is 2.29. The van der Waals surface area contributed by atoms with E-state index in [-0.39, 0.29) is 17.7 Å². The van der Waals surface area contributed by atoms with E-state index < -0.39 is 0 Å². The fourth-order valence-corrected chi connectivity index (χ4v) is 1.37. The summed E-state index contributed by atoms with van der Waals surface area (Å²) >= 11 is 0. The number of rotatable bonds is 4. The third-order valence-electron chi connectivity index (χ3n) is 2.41. The molecule has 96 valence electrons. The van der Waals surface area contributed by atoms with Gasteiger partial charge in [0.15, 0.2) is 5.78 Å². The molecule has 0 amide bonds. The summed E-state index contributed by atoms with van der Waals surface area (Å²) in [5.41, 5.74) is 1.61. The first-order valence-corrected chi connectivity index (χ1v) is 5.91. The molecule has 0 bridgehead atoms. The van der Waals surface area contributed by atoms with Crippen LogP contribution in [0.15, 0.2) is 24.3 Å². The number of esters is 1. The van der Waals surface area contributed by atoms with Crippen LogP contribution >= 0.6 is 0 Å². The van der Waals surface area contributed by atoms with Crippen LogP contribution in [0.4, 0.5) is 0 Å². The van der Waals surface area contributed by atoms with E-state index in [4.69, 9.17) is 4.74 Å². The lowest BCUT2D eigenvalue weighted by Crippen LogP contribution is -2.16. The summed E-state index contributed by atoms with van der Waals surface area (Å²) in [6.45, 7) is 6.91. The first kappa shape index (κ1) is 14.2. The molecule has 0 radical (unpaired) electrons. The first-order valence-electron chi connectivity index (χ1n) is 5.91. The summed E-state index contributed by atoms with van der Waals surface area (Å²) in [6.07, 6.45) is 3.12. The third-order valence-corrected chi connectivity index (χ3v) is 2.41. The molecule has 0 heterocycles. The molecule has 0 aromatic heterocycles. The molecule has 0 aliphatic heterocycles. The van der Waals surface area contributed by atoms with E-state index in [2.05, 4.69) is 0 Å². The minimum atomic E-state index is -0.276. The van der Waals surface area contributed by atoms with Crippen molar-refractivity contribution < 1.29 is 14.3 Å². The number of para-hydroxylation sites is 1. The average molecular weight is 246 g/mol. The molecule has 0 aliphatic carbocycles. The maximum absolute atomic E-state index is 11.6. The Morgan fingerprint density at radius 3 is 2.50 bits per heavy atom. The van der Waals surface area contributed by atoms with Gasteiger partial charge in [0.1, 0.15) is 5.75 Å². The lowest BCUT2D eigenvalue weighted by Gasteiger charge is -2.12. The second-order valence-corrected chi connectivity index (χ2v) is 4.51. The Kier molecular flexibility index (Phi) is 4.84. The topological polar surface area (TPSA) is 43.4 Å². The number of hydrogen-bond donors (Lipinski definition) is 0. The smallest absolute Gasteiger partial charge is 0.313 e. The SMILES string of the molecule is CC(=O)/C=C\c1cccc(C)c1OC(=O)C(C)C. The van der Waals surface area contributed by atoms with E-state index in [1.807, 2.05) is 25.1 Å². The molecule has 0 spiro atoms. The normalized spacial score (nSPS) is 10.9. The molecule has 18 heavy (non-hydrogen) atoms. The Morgan fingerprint density at radius 1 is 1.28 bits per heavy atom. The Hall–Kier alpha value is -1.90. The van der Waals surface area contributed by atoms with Crippen molar-refractivity contribution in [1.29, 1.82) is 0 Å². The predicted molar refractivity (Wildman–Crippen MR) is 71.4 cm³/mol. The van der Waals surface area contributed by atoms with Gasteiger partial charge in [-0.25, -0.2) is 0 Å². The molecular formula is C15H18O3. The molecule has 0 aliphatic rings. The Labute approximate surface area is 107 Å². The van der Waals surface area contributed by atoms with Gasteiger partial charge in [0.05, 0.1) is 5.92 Å². The molecule has 1 aromatic carbocycles. The number of aryl methyl sites for hydroxylation is 1. The Bertz CT molecular complexity index is 485. The van der Waals surface area contributed by atoms with Crippen molar-refractivity contribution in [2.24, 2.45) is 5.92 Å². The van der Waals surface area contributed by atoms with E-state index >= 15 is 0 Å². The molecule has 0 unspecified atom stereocenters. The van der Waals surface area contributed by atoms with Crippen molar-refractivity contribution >= 4 is 17.8 Å². The van der Waals surface area contributed by atoms with Crippen LogP contribution in [0, 0.1) is 12.8 Å². The van der Waals surface area contributed by atoms with Crippen molar-refractivity contribution in [1.82, 2.24) is 0 Å². The molecule has 0 saturated carbocycles. The van der Waals surface area contributed by atoms with Crippen LogP contribution in [0.3, 0.4) is 0 Å². The van der Waals surface area contributed by atoms with Crippen molar-refractivity contribution in [2.45, 2.75) is 27.7 Å². The van der Waals surface area contributed by atoms with Gasteiger partial charge in [-0.1, -0.05) is 32.0 Å². The highest BCUT2D eigenvalue weighted by molar-refractivity contribution is 5.92. The predicted octanol–water partition coefficient (Wildman–Crippen LogP) is 3.16. The third kappa shape index (κ3) is 3.84. The number of ether oxygens (including phenoxy) is 1. The minimum Gasteiger partial charge on any atom is -0.425 e. The van der Waals surface area contributed by atoms with Crippen LogP contribution in [0.2, 0.25) is 0 Å². The van der Waals surface area contributed by atoms with E-state index in [0.29, 0.717) is 5.75 Å². The fourth-order valence-electron chi connectivity index (χ4n) is 1.37. The maximum atomic E-state index is 11.6. The van der Waals surface area contributed by atoms with Gasteiger partial charge in [0, 0.05) is 5.56 Å². The lowest BCUT2D eigenvalue weighted by atomic mass is 10.1. The number of carbonyl (C=O) groups excluding carboxylic acids is 2. The van der Waals surface area contributed by atoms with Gasteiger partial charge in [-0.3, -0.25) is 9.59 Å². The van der Waals surface area contributed by atoms with Crippen molar-refractivity contribution in [3.8, 4) is 5.75 Å². The number of ketones is 1. The largest absolute Gasteiger partial charge is 0.425 e. The summed E-state index contributed by atoms with van der Waals surface area (Å²) in [5.74, 6) is 0.0161. The van der Waals surface area contributed by atoms with Crippen LogP contribution in [0.5, 0.6) is 5.75 Å². The summed E-state index contributed by atoms with van der Waals surface area (Å²) in [5, 5.41) is 0. The Morgan fingerprint density at radius 2 is 1.94 bits per heavy atom. The summed E-state index contributed by atoms with van der Waals surface area (Å²) in [4.78, 5) is 22.6. The van der Waals surface area contributed by atoms with Gasteiger partial charge in [-0.2, -0.15) is 0 Å². The van der Waals surface area contributed by atoms with E-state index in [1.165, 1.54) is 13.0 Å². The van der Waals surface area contributed by atoms with Crippen molar-refractivity contribution in [3.63, 3.8) is 0 Å². The highest BCUT2D eigenvalue weighted by atomic mass is 16.5. The monoisotopic (exact) mass is 246 g/mol. The molecule has 1 aromatic rings. The van der Waals surface area contributed by atoms with E-state index in [1.54, 1.807) is 19.9 Å². The minimum absolute atomic E-state index is 0.0438. The molecular weight excluding hydrogens is 228 g/mol. The number of hydrogen-bond acceptors (Lipinski definition) is 3. The zero-order valence-corrected chi connectivity index (χ0v) is 11.2. The van der Waals surface area contributed by atoms with Crippen LogP contribution in [0.25, 0.3) is 6.08 Å². The highest BCUT2D eigenvalue weighted by Gasteiger charge is 2.13. The number of allylic oxidation sites excluding steroid dienone is 1. The van der Waals surface area contributed by atoms with Gasteiger partial charge in [-0.05, 0) is 31.6 Å². The summed E-state index contributed by atoms with van der Waals surface area (Å²) < 4.78 is 5.37. The summed E-state index contributed by atoms with van der Waals surface area (Å²) in [7, 11) is 0. The van der Waals surface area contributed by atoms with Crippen LogP contribution in [-0.2, 0) is 9.59 Å². The molecule has 0 N–H and O–H groups in total. The van der Waals surface area contributed by atoms with E-state index in [0.717, 1.165) is 11.1 Å². The van der Waals surface area contributed by atoms with Gasteiger partial charge in [-0.15, -0.1) is 0 Å². The quantitative estimate of drug-likeness (QED) is 0.465. The molecule has 3 nitrogen and oxygen atoms in total. The standard InChI is InChI=1S/C15H18O3/c1-10(2)15(17)18-14-11(3)6-5-7-13(14)9-8-12(4)16/h5-10H,1-4H3/b9-8-. The Balaban J connectivity index is 3.08. The molecule has 1 rings (SSSR count). The van der Waals surface area contributed by atoms with Gasteiger partial charge in [0.25, 0.3) is 0 Å². The van der Waals surface area contributed by atoms with Crippen LogP contribution < -0.4 is 4.74 Å². The van der Waals surface area contributed by atoms with Crippen LogP contribution in [-0.4, -0.2) is 11.8 Å². The van der Waals surface area contributed by atoms with Crippen LogP contribution in [0.1, 0.15) is 31.9 Å². The zero-order valence-electron chi connectivity index (χ0n) is 11.2. The van der Waals surface area contributed by atoms with Crippen molar-refractivity contribution in [3.05, 3.63) is 35.4 Å². The number of benzene rings is 1.